The molecular weight excluding hydrogens is 345 g/mol. The molecule has 0 radical (unpaired) electrons. The van der Waals surface area contributed by atoms with Crippen molar-refractivity contribution in [2.45, 2.75) is 49.9 Å². The summed E-state index contributed by atoms with van der Waals surface area (Å²) in [5.74, 6) is 0.467. The Hall–Kier alpha value is -1.95. The Kier molecular flexibility index (Phi) is 5.17. The van der Waals surface area contributed by atoms with Gasteiger partial charge in [0.2, 0.25) is 0 Å². The third-order valence-corrected chi connectivity index (χ3v) is 5.93. The van der Waals surface area contributed by atoms with Crippen LogP contribution < -0.4 is 4.74 Å². The van der Waals surface area contributed by atoms with Gasteiger partial charge in [-0.3, -0.25) is 4.90 Å². The van der Waals surface area contributed by atoms with E-state index in [1.54, 1.807) is 6.07 Å². The Morgan fingerprint density at radius 2 is 1.78 bits per heavy atom. The molecule has 2 aliphatic rings. The van der Waals surface area contributed by atoms with Crippen LogP contribution in [0.3, 0.4) is 0 Å². The average Bonchev–Trinajstić information content (AvgIpc) is 2.91. The van der Waals surface area contributed by atoms with Gasteiger partial charge in [-0.15, -0.1) is 0 Å². The van der Waals surface area contributed by atoms with Crippen LogP contribution in [0.15, 0.2) is 48.5 Å². The molecule has 144 valence electrons. The van der Waals surface area contributed by atoms with E-state index in [9.17, 15) is 9.50 Å². The number of hydrogen-bond donors (Lipinski definition) is 2. The maximum atomic E-state index is 13.6. The van der Waals surface area contributed by atoms with Crippen molar-refractivity contribution in [1.82, 2.24) is 4.90 Å². The molecule has 0 aliphatic carbocycles. The Labute approximate surface area is 159 Å². The number of nitrogens with zero attached hydrogens (tertiary/aromatic N) is 1. The molecule has 4 rings (SSSR count). The Morgan fingerprint density at radius 3 is 2.41 bits per heavy atom. The van der Waals surface area contributed by atoms with Crippen LogP contribution in [0.1, 0.15) is 36.8 Å². The summed E-state index contributed by atoms with van der Waals surface area (Å²) in [5.41, 5.74) is 0.968. The van der Waals surface area contributed by atoms with E-state index in [2.05, 4.69) is 17.0 Å². The van der Waals surface area contributed by atoms with Crippen LogP contribution in [0.25, 0.3) is 0 Å². The molecule has 0 amide bonds. The number of rotatable bonds is 6. The molecule has 2 aromatic carbocycles. The maximum absolute atomic E-state index is 13.6. The number of aliphatic hydroxyl groups excluding tert-OH is 1. The number of piperidine rings is 1. The predicted octanol–water partition coefficient (Wildman–Crippen LogP) is 3.21. The van der Waals surface area contributed by atoms with Crippen molar-refractivity contribution < 1.29 is 19.3 Å². The van der Waals surface area contributed by atoms with Crippen LogP contribution >= 0.6 is 0 Å². The fourth-order valence-corrected chi connectivity index (χ4v) is 4.65. The van der Waals surface area contributed by atoms with Crippen LogP contribution in [0.5, 0.6) is 5.75 Å². The van der Waals surface area contributed by atoms with E-state index in [4.69, 9.17) is 9.84 Å². The zero-order valence-electron chi connectivity index (χ0n) is 15.4. The lowest BCUT2D eigenvalue weighted by Crippen LogP contribution is -2.49. The van der Waals surface area contributed by atoms with Crippen LogP contribution in [-0.4, -0.2) is 40.4 Å². The summed E-state index contributed by atoms with van der Waals surface area (Å²) in [7, 11) is 0. The van der Waals surface area contributed by atoms with Crippen molar-refractivity contribution in [2.24, 2.45) is 0 Å². The molecule has 2 saturated heterocycles. The van der Waals surface area contributed by atoms with Gasteiger partial charge < -0.3 is 14.9 Å². The summed E-state index contributed by atoms with van der Waals surface area (Å²) in [4.78, 5) is 2.48. The first-order valence-corrected chi connectivity index (χ1v) is 9.64. The standard InChI is InChI=1S/C22H26FNO3/c23-18-3-1-2-17(12-18)22(26)13-19-6-7-20(14-22)24(19)15-16-4-8-21(9-5-16)27-11-10-25/h1-5,8-9,12,19-20,25-26H,6-7,10-11,13-15H2/t19-,20-/m1/s1. The number of hydrogen-bond acceptors (Lipinski definition) is 4. The molecule has 2 aromatic rings. The SMILES string of the molecule is OCCOc1ccc(CN2[C@@H]3CC[C@@H]2CC(O)(c2cccc(F)c2)C3)cc1. The highest BCUT2D eigenvalue weighted by molar-refractivity contribution is 5.29. The molecule has 2 heterocycles. The lowest BCUT2D eigenvalue weighted by molar-refractivity contribution is -0.0596. The van der Waals surface area contributed by atoms with Gasteiger partial charge in [0.25, 0.3) is 0 Å². The van der Waals surface area contributed by atoms with E-state index in [0.717, 1.165) is 25.1 Å². The Morgan fingerprint density at radius 1 is 1.07 bits per heavy atom. The summed E-state index contributed by atoms with van der Waals surface area (Å²) in [5, 5.41) is 20.1. The minimum Gasteiger partial charge on any atom is -0.491 e. The number of fused-ring (bicyclic) bond motifs is 2. The van der Waals surface area contributed by atoms with Crippen LogP contribution in [0, 0.1) is 5.82 Å². The van der Waals surface area contributed by atoms with E-state index in [1.807, 2.05) is 18.2 Å². The van der Waals surface area contributed by atoms with Gasteiger partial charge in [-0.25, -0.2) is 4.39 Å². The summed E-state index contributed by atoms with van der Waals surface area (Å²) in [6.07, 6.45) is 3.43. The average molecular weight is 371 g/mol. The second-order valence-electron chi connectivity index (χ2n) is 7.72. The van der Waals surface area contributed by atoms with Gasteiger partial charge in [0.1, 0.15) is 18.2 Å². The molecule has 2 atom stereocenters. The van der Waals surface area contributed by atoms with Crippen LogP contribution in [0.2, 0.25) is 0 Å². The van der Waals surface area contributed by atoms with Crippen molar-refractivity contribution >= 4 is 0 Å². The normalized spacial score (nSPS) is 27.7. The highest BCUT2D eigenvalue weighted by Gasteiger charge is 2.48. The lowest BCUT2D eigenvalue weighted by atomic mass is 9.80. The lowest BCUT2D eigenvalue weighted by Gasteiger charge is -2.44. The van der Waals surface area contributed by atoms with Crippen molar-refractivity contribution in [3.05, 3.63) is 65.5 Å². The second kappa shape index (κ2) is 7.58. The Balaban J connectivity index is 1.45. The molecular formula is C22H26FNO3. The maximum Gasteiger partial charge on any atom is 0.123 e. The first-order valence-electron chi connectivity index (χ1n) is 9.64. The molecule has 2 aliphatic heterocycles. The van der Waals surface area contributed by atoms with E-state index in [0.29, 0.717) is 37.1 Å². The predicted molar refractivity (Wildman–Crippen MR) is 101 cm³/mol. The summed E-state index contributed by atoms with van der Waals surface area (Å²) in [6.45, 7) is 1.15. The molecule has 0 aromatic heterocycles. The van der Waals surface area contributed by atoms with Crippen molar-refractivity contribution in [3.8, 4) is 5.75 Å². The highest BCUT2D eigenvalue weighted by atomic mass is 19.1. The Bertz CT molecular complexity index is 765. The van der Waals surface area contributed by atoms with E-state index in [-0.39, 0.29) is 12.4 Å². The second-order valence-corrected chi connectivity index (χ2v) is 7.72. The number of benzene rings is 2. The topological polar surface area (TPSA) is 52.9 Å². The van der Waals surface area contributed by atoms with Gasteiger partial charge in [0.15, 0.2) is 0 Å². The molecule has 2 N–H and O–H groups in total. The first-order chi connectivity index (χ1) is 13.1. The van der Waals surface area contributed by atoms with Gasteiger partial charge in [0, 0.05) is 18.6 Å². The van der Waals surface area contributed by atoms with E-state index in [1.165, 1.54) is 17.7 Å². The monoisotopic (exact) mass is 371 g/mol. The molecule has 0 saturated carbocycles. The summed E-state index contributed by atoms with van der Waals surface area (Å²) in [6, 6.07) is 15.0. The van der Waals surface area contributed by atoms with Gasteiger partial charge in [-0.05, 0) is 61.1 Å². The summed E-state index contributed by atoms with van der Waals surface area (Å²) < 4.78 is 19.0. The molecule has 4 nitrogen and oxygen atoms in total. The van der Waals surface area contributed by atoms with Crippen molar-refractivity contribution in [3.63, 3.8) is 0 Å². The van der Waals surface area contributed by atoms with Crippen LogP contribution in [-0.2, 0) is 12.1 Å². The minimum absolute atomic E-state index is 0.00706. The van der Waals surface area contributed by atoms with Crippen molar-refractivity contribution in [1.29, 1.82) is 0 Å². The number of aliphatic hydroxyl groups is 2. The van der Waals surface area contributed by atoms with Crippen molar-refractivity contribution in [2.75, 3.05) is 13.2 Å². The zero-order chi connectivity index (χ0) is 18.9. The van der Waals surface area contributed by atoms with Gasteiger partial charge >= 0.3 is 0 Å². The molecule has 2 bridgehead atoms. The smallest absolute Gasteiger partial charge is 0.123 e. The third kappa shape index (κ3) is 3.86. The zero-order valence-corrected chi connectivity index (χ0v) is 15.4. The van der Waals surface area contributed by atoms with E-state index < -0.39 is 5.60 Å². The van der Waals surface area contributed by atoms with Gasteiger partial charge in [-0.1, -0.05) is 24.3 Å². The van der Waals surface area contributed by atoms with Crippen LogP contribution in [0.4, 0.5) is 4.39 Å². The summed E-state index contributed by atoms with van der Waals surface area (Å²) >= 11 is 0. The highest BCUT2D eigenvalue weighted by Crippen LogP contribution is 2.46. The molecule has 5 heteroatoms. The largest absolute Gasteiger partial charge is 0.491 e. The third-order valence-electron chi connectivity index (χ3n) is 5.93. The number of ether oxygens (including phenoxy) is 1. The number of halogens is 1. The minimum atomic E-state index is -0.938. The fourth-order valence-electron chi connectivity index (χ4n) is 4.65. The molecule has 0 spiro atoms. The fraction of sp³-hybridized carbons (Fsp3) is 0.455. The van der Waals surface area contributed by atoms with Gasteiger partial charge in [-0.2, -0.15) is 0 Å². The first kappa shape index (κ1) is 18.4. The van der Waals surface area contributed by atoms with Gasteiger partial charge in [0.05, 0.1) is 12.2 Å². The van der Waals surface area contributed by atoms with E-state index >= 15 is 0 Å². The quantitative estimate of drug-likeness (QED) is 0.819. The molecule has 0 unspecified atom stereocenters. The molecule has 2 fully saturated rings. The molecule has 27 heavy (non-hydrogen) atoms.